The van der Waals surface area contributed by atoms with Crippen LogP contribution in [0.5, 0.6) is 11.5 Å². The van der Waals surface area contributed by atoms with E-state index in [0.717, 1.165) is 13.1 Å². The summed E-state index contributed by atoms with van der Waals surface area (Å²) in [5, 5.41) is 28.5. The Morgan fingerprint density at radius 1 is 1.12 bits per heavy atom. The molecule has 4 heteroatoms. The molecule has 0 amide bonds. The molecule has 0 bridgehead atoms. The third kappa shape index (κ3) is 2.46. The van der Waals surface area contributed by atoms with Crippen molar-refractivity contribution >= 4 is 0 Å². The number of hydrogen-bond acceptors (Lipinski definition) is 4. The zero-order valence-corrected chi connectivity index (χ0v) is 9.13. The second kappa shape index (κ2) is 4.72. The van der Waals surface area contributed by atoms with Crippen molar-refractivity contribution in [2.45, 2.75) is 18.9 Å². The van der Waals surface area contributed by atoms with E-state index in [1.165, 1.54) is 25.0 Å². The van der Waals surface area contributed by atoms with Crippen LogP contribution in [0.25, 0.3) is 0 Å². The van der Waals surface area contributed by atoms with Gasteiger partial charge in [0.15, 0.2) is 11.5 Å². The van der Waals surface area contributed by atoms with Crippen molar-refractivity contribution in [2.24, 2.45) is 0 Å². The zero-order chi connectivity index (χ0) is 11.5. The number of likely N-dealkylation sites (tertiary alicyclic amines) is 1. The Hall–Kier alpha value is -1.26. The first-order chi connectivity index (χ1) is 7.66. The predicted molar refractivity (Wildman–Crippen MR) is 60.4 cm³/mol. The number of β-amino-alcohol motifs (C(OH)–C–C–N with tert-alkyl or cyclic N) is 1. The number of phenolic OH excluding ortho intramolecular Hbond substituents is 2. The van der Waals surface area contributed by atoms with E-state index in [1.54, 1.807) is 6.07 Å². The SMILES string of the molecule is Oc1ccc([C@@H](O)CN2CCCC2)cc1O. The molecule has 2 rings (SSSR count). The molecule has 1 saturated heterocycles. The van der Waals surface area contributed by atoms with Crippen molar-refractivity contribution in [3.05, 3.63) is 23.8 Å². The topological polar surface area (TPSA) is 63.9 Å². The maximum atomic E-state index is 9.96. The van der Waals surface area contributed by atoms with Crippen LogP contribution in [0.1, 0.15) is 24.5 Å². The Morgan fingerprint density at radius 2 is 1.81 bits per heavy atom. The van der Waals surface area contributed by atoms with Gasteiger partial charge in [-0.25, -0.2) is 0 Å². The molecule has 1 aliphatic rings. The molecule has 0 aliphatic carbocycles. The summed E-state index contributed by atoms with van der Waals surface area (Å²) >= 11 is 0. The summed E-state index contributed by atoms with van der Waals surface area (Å²) in [6.45, 7) is 2.65. The van der Waals surface area contributed by atoms with E-state index >= 15 is 0 Å². The minimum atomic E-state index is -0.607. The average molecular weight is 223 g/mol. The van der Waals surface area contributed by atoms with Gasteiger partial charge in [-0.05, 0) is 43.6 Å². The van der Waals surface area contributed by atoms with E-state index in [-0.39, 0.29) is 11.5 Å². The number of aliphatic hydroxyl groups is 1. The van der Waals surface area contributed by atoms with Gasteiger partial charge in [0.1, 0.15) is 0 Å². The van der Waals surface area contributed by atoms with Crippen LogP contribution in [-0.2, 0) is 0 Å². The monoisotopic (exact) mass is 223 g/mol. The number of aromatic hydroxyl groups is 2. The van der Waals surface area contributed by atoms with Crippen LogP contribution in [0, 0.1) is 0 Å². The Bertz CT molecular complexity index is 361. The average Bonchev–Trinajstić information content (AvgIpc) is 2.74. The van der Waals surface area contributed by atoms with Crippen LogP contribution in [0.15, 0.2) is 18.2 Å². The molecule has 0 radical (unpaired) electrons. The van der Waals surface area contributed by atoms with Crippen molar-refractivity contribution < 1.29 is 15.3 Å². The largest absolute Gasteiger partial charge is 0.504 e. The normalized spacial score (nSPS) is 18.8. The van der Waals surface area contributed by atoms with Gasteiger partial charge in [-0.1, -0.05) is 6.07 Å². The number of benzene rings is 1. The Morgan fingerprint density at radius 3 is 2.44 bits per heavy atom. The van der Waals surface area contributed by atoms with E-state index in [9.17, 15) is 10.2 Å². The molecule has 0 aromatic heterocycles. The van der Waals surface area contributed by atoms with E-state index in [1.807, 2.05) is 0 Å². The van der Waals surface area contributed by atoms with E-state index in [4.69, 9.17) is 5.11 Å². The zero-order valence-electron chi connectivity index (χ0n) is 9.13. The highest BCUT2D eigenvalue weighted by molar-refractivity contribution is 5.41. The van der Waals surface area contributed by atoms with Crippen molar-refractivity contribution in [3.63, 3.8) is 0 Å². The fourth-order valence-electron chi connectivity index (χ4n) is 2.06. The van der Waals surface area contributed by atoms with Crippen molar-refractivity contribution in [1.29, 1.82) is 0 Å². The standard InChI is InChI=1S/C12H17NO3/c14-10-4-3-9(7-11(10)15)12(16)8-13-5-1-2-6-13/h3-4,7,12,14-16H,1-2,5-6,8H2/t12-/m0/s1. The highest BCUT2D eigenvalue weighted by atomic mass is 16.3. The summed E-state index contributed by atoms with van der Waals surface area (Å²) in [6.07, 6.45) is 1.77. The van der Waals surface area contributed by atoms with Crippen molar-refractivity contribution in [2.75, 3.05) is 19.6 Å². The maximum Gasteiger partial charge on any atom is 0.157 e. The molecule has 0 unspecified atom stereocenters. The van der Waals surface area contributed by atoms with Crippen LogP contribution in [0.4, 0.5) is 0 Å². The van der Waals surface area contributed by atoms with Gasteiger partial charge in [-0.15, -0.1) is 0 Å². The van der Waals surface area contributed by atoms with Crippen LogP contribution < -0.4 is 0 Å². The lowest BCUT2D eigenvalue weighted by Crippen LogP contribution is -2.25. The second-order valence-electron chi connectivity index (χ2n) is 4.27. The Balaban J connectivity index is 2.02. The molecule has 16 heavy (non-hydrogen) atoms. The van der Waals surface area contributed by atoms with Crippen LogP contribution in [0.2, 0.25) is 0 Å². The summed E-state index contributed by atoms with van der Waals surface area (Å²) in [7, 11) is 0. The lowest BCUT2D eigenvalue weighted by Gasteiger charge is -2.19. The number of rotatable bonds is 3. The minimum Gasteiger partial charge on any atom is -0.504 e. The quantitative estimate of drug-likeness (QED) is 0.674. The maximum absolute atomic E-state index is 9.96. The van der Waals surface area contributed by atoms with Gasteiger partial charge >= 0.3 is 0 Å². The molecule has 88 valence electrons. The van der Waals surface area contributed by atoms with Gasteiger partial charge in [-0.2, -0.15) is 0 Å². The fourth-order valence-corrected chi connectivity index (χ4v) is 2.06. The van der Waals surface area contributed by atoms with E-state index in [0.29, 0.717) is 12.1 Å². The lowest BCUT2D eigenvalue weighted by molar-refractivity contribution is 0.126. The van der Waals surface area contributed by atoms with Gasteiger partial charge in [-0.3, -0.25) is 0 Å². The fraction of sp³-hybridized carbons (Fsp3) is 0.500. The summed E-state index contributed by atoms with van der Waals surface area (Å²) < 4.78 is 0. The molecule has 1 heterocycles. The molecular formula is C12H17NO3. The van der Waals surface area contributed by atoms with Crippen molar-refractivity contribution in [1.82, 2.24) is 4.90 Å². The van der Waals surface area contributed by atoms with Gasteiger partial charge < -0.3 is 20.2 Å². The molecule has 1 atom stereocenters. The predicted octanol–water partition coefficient (Wildman–Crippen LogP) is 1.23. The molecule has 0 spiro atoms. The van der Waals surface area contributed by atoms with Crippen LogP contribution in [-0.4, -0.2) is 39.9 Å². The van der Waals surface area contributed by atoms with E-state index < -0.39 is 6.10 Å². The molecule has 1 aromatic carbocycles. The Kier molecular flexibility index (Phi) is 3.31. The number of nitrogens with zero attached hydrogens (tertiary/aromatic N) is 1. The van der Waals surface area contributed by atoms with Crippen LogP contribution in [0.3, 0.4) is 0 Å². The highest BCUT2D eigenvalue weighted by Crippen LogP contribution is 2.28. The number of aliphatic hydroxyl groups excluding tert-OH is 1. The molecule has 0 saturated carbocycles. The smallest absolute Gasteiger partial charge is 0.157 e. The number of hydrogen-bond donors (Lipinski definition) is 3. The molecule has 3 N–H and O–H groups in total. The summed E-state index contributed by atoms with van der Waals surface area (Å²) in [4.78, 5) is 2.20. The van der Waals surface area contributed by atoms with Crippen LogP contribution >= 0.6 is 0 Å². The first-order valence-corrected chi connectivity index (χ1v) is 5.59. The van der Waals surface area contributed by atoms with Gasteiger partial charge in [0.2, 0.25) is 0 Å². The molecule has 4 nitrogen and oxygen atoms in total. The lowest BCUT2D eigenvalue weighted by atomic mass is 10.1. The van der Waals surface area contributed by atoms with Gasteiger partial charge in [0.25, 0.3) is 0 Å². The molecular weight excluding hydrogens is 206 g/mol. The van der Waals surface area contributed by atoms with Gasteiger partial charge in [0.05, 0.1) is 6.10 Å². The first-order valence-electron chi connectivity index (χ1n) is 5.59. The third-order valence-electron chi connectivity index (χ3n) is 3.01. The second-order valence-corrected chi connectivity index (χ2v) is 4.27. The summed E-state index contributed by atoms with van der Waals surface area (Å²) in [6, 6.07) is 4.45. The minimum absolute atomic E-state index is 0.155. The summed E-state index contributed by atoms with van der Waals surface area (Å²) in [5.74, 6) is -0.338. The first kappa shape index (κ1) is 11.2. The number of phenols is 2. The third-order valence-corrected chi connectivity index (χ3v) is 3.01. The molecule has 1 fully saturated rings. The highest BCUT2D eigenvalue weighted by Gasteiger charge is 2.17. The molecule has 1 aromatic rings. The summed E-state index contributed by atoms with van der Waals surface area (Å²) in [5.41, 5.74) is 0.641. The molecule has 1 aliphatic heterocycles. The van der Waals surface area contributed by atoms with E-state index in [2.05, 4.69) is 4.90 Å². The van der Waals surface area contributed by atoms with Gasteiger partial charge in [0, 0.05) is 6.54 Å². The van der Waals surface area contributed by atoms with Crippen molar-refractivity contribution in [3.8, 4) is 11.5 Å². The Labute approximate surface area is 94.8 Å².